The van der Waals surface area contributed by atoms with E-state index in [4.69, 9.17) is 0 Å². The molecular weight excluding hydrogens is 194 g/mol. The molecule has 0 spiro atoms. The van der Waals surface area contributed by atoms with Gasteiger partial charge in [0.15, 0.2) is 0 Å². The molecule has 16 heavy (non-hydrogen) atoms. The van der Waals surface area contributed by atoms with Crippen molar-refractivity contribution in [3.05, 3.63) is 60.3 Å². The summed E-state index contributed by atoms with van der Waals surface area (Å²) in [4.78, 5) is 3.24. The van der Waals surface area contributed by atoms with E-state index in [-0.39, 0.29) is 0 Å². The van der Waals surface area contributed by atoms with Crippen LogP contribution >= 0.6 is 0 Å². The SMILES string of the molecule is Cc1ccc(-c2cccc3[nH]ccc23)cc1. The zero-order valence-electron chi connectivity index (χ0n) is 9.20. The molecule has 0 saturated carbocycles. The van der Waals surface area contributed by atoms with Crippen molar-refractivity contribution in [2.45, 2.75) is 6.92 Å². The predicted molar refractivity (Wildman–Crippen MR) is 68.5 cm³/mol. The zero-order valence-corrected chi connectivity index (χ0v) is 9.20. The molecule has 0 aliphatic heterocycles. The minimum absolute atomic E-state index is 1.19. The Morgan fingerprint density at radius 3 is 2.50 bits per heavy atom. The van der Waals surface area contributed by atoms with Gasteiger partial charge in [-0.1, -0.05) is 42.0 Å². The largest absolute Gasteiger partial charge is 0.361 e. The molecule has 1 N–H and O–H groups in total. The Kier molecular flexibility index (Phi) is 2.03. The van der Waals surface area contributed by atoms with Crippen LogP contribution in [0.15, 0.2) is 54.7 Å². The van der Waals surface area contributed by atoms with Crippen molar-refractivity contribution in [3.63, 3.8) is 0 Å². The van der Waals surface area contributed by atoms with Crippen LogP contribution in [0.3, 0.4) is 0 Å². The maximum Gasteiger partial charge on any atom is 0.0460 e. The number of aromatic amines is 1. The van der Waals surface area contributed by atoms with Gasteiger partial charge in [-0.15, -0.1) is 0 Å². The fraction of sp³-hybridized carbons (Fsp3) is 0.0667. The van der Waals surface area contributed by atoms with E-state index in [1.807, 2.05) is 6.20 Å². The summed E-state index contributed by atoms with van der Waals surface area (Å²) in [6, 6.07) is 17.2. The van der Waals surface area contributed by atoms with Crippen LogP contribution in [0.1, 0.15) is 5.56 Å². The van der Waals surface area contributed by atoms with E-state index in [9.17, 15) is 0 Å². The zero-order chi connectivity index (χ0) is 11.0. The molecule has 1 nitrogen and oxygen atoms in total. The highest BCUT2D eigenvalue weighted by Crippen LogP contribution is 2.27. The highest BCUT2D eigenvalue weighted by Gasteiger charge is 2.03. The van der Waals surface area contributed by atoms with Gasteiger partial charge in [-0.3, -0.25) is 0 Å². The summed E-state index contributed by atoms with van der Waals surface area (Å²) in [6.45, 7) is 2.11. The fourth-order valence-corrected chi connectivity index (χ4v) is 2.07. The van der Waals surface area contributed by atoms with Crippen LogP contribution in [0.5, 0.6) is 0 Å². The van der Waals surface area contributed by atoms with Crippen molar-refractivity contribution >= 4 is 10.9 Å². The molecule has 0 unspecified atom stereocenters. The van der Waals surface area contributed by atoms with E-state index in [2.05, 4.69) is 60.4 Å². The van der Waals surface area contributed by atoms with Gasteiger partial charge in [0.25, 0.3) is 0 Å². The summed E-state index contributed by atoms with van der Waals surface area (Å²) in [6.07, 6.45) is 1.99. The van der Waals surface area contributed by atoms with E-state index in [0.717, 1.165) is 0 Å². The second-order valence-electron chi connectivity index (χ2n) is 4.11. The Morgan fingerprint density at radius 2 is 1.69 bits per heavy atom. The first-order valence-corrected chi connectivity index (χ1v) is 5.48. The fourth-order valence-electron chi connectivity index (χ4n) is 2.07. The van der Waals surface area contributed by atoms with Crippen LogP contribution in [0.4, 0.5) is 0 Å². The van der Waals surface area contributed by atoms with Crippen LogP contribution in [-0.4, -0.2) is 4.98 Å². The first-order chi connectivity index (χ1) is 7.84. The number of aryl methyl sites for hydroxylation is 1. The molecular formula is C15H13N. The van der Waals surface area contributed by atoms with Crippen LogP contribution in [0.25, 0.3) is 22.0 Å². The average molecular weight is 207 g/mol. The number of hydrogen-bond donors (Lipinski definition) is 1. The van der Waals surface area contributed by atoms with Crippen molar-refractivity contribution < 1.29 is 0 Å². The molecule has 3 aromatic rings. The molecule has 78 valence electrons. The lowest BCUT2D eigenvalue weighted by Gasteiger charge is -2.04. The molecule has 0 amide bonds. The van der Waals surface area contributed by atoms with Crippen molar-refractivity contribution in [2.75, 3.05) is 0 Å². The van der Waals surface area contributed by atoms with E-state index in [0.29, 0.717) is 0 Å². The minimum atomic E-state index is 1.19. The maximum atomic E-state index is 3.24. The average Bonchev–Trinajstić information content (AvgIpc) is 2.78. The van der Waals surface area contributed by atoms with Gasteiger partial charge in [0, 0.05) is 17.1 Å². The first-order valence-electron chi connectivity index (χ1n) is 5.48. The lowest BCUT2D eigenvalue weighted by atomic mass is 10.0. The molecule has 0 fully saturated rings. The van der Waals surface area contributed by atoms with Gasteiger partial charge in [0.05, 0.1) is 0 Å². The molecule has 0 atom stereocenters. The van der Waals surface area contributed by atoms with Gasteiger partial charge in [-0.05, 0) is 30.2 Å². The van der Waals surface area contributed by atoms with Crippen molar-refractivity contribution in [2.24, 2.45) is 0 Å². The molecule has 0 saturated heterocycles. The Bertz CT molecular complexity index is 617. The van der Waals surface area contributed by atoms with Gasteiger partial charge in [0.2, 0.25) is 0 Å². The highest BCUT2D eigenvalue weighted by atomic mass is 14.7. The lowest BCUT2D eigenvalue weighted by Crippen LogP contribution is -1.79. The summed E-state index contributed by atoms with van der Waals surface area (Å²) in [5.74, 6) is 0. The van der Waals surface area contributed by atoms with Gasteiger partial charge in [0.1, 0.15) is 0 Å². The number of fused-ring (bicyclic) bond motifs is 1. The van der Waals surface area contributed by atoms with E-state index < -0.39 is 0 Å². The third-order valence-corrected chi connectivity index (χ3v) is 2.96. The van der Waals surface area contributed by atoms with Crippen molar-refractivity contribution in [3.8, 4) is 11.1 Å². The quantitative estimate of drug-likeness (QED) is 0.617. The number of rotatable bonds is 1. The Balaban J connectivity index is 2.25. The highest BCUT2D eigenvalue weighted by molar-refractivity contribution is 5.94. The number of nitrogens with one attached hydrogen (secondary N) is 1. The number of H-pyrrole nitrogens is 1. The molecule has 0 aliphatic carbocycles. The first kappa shape index (κ1) is 9.22. The number of hydrogen-bond acceptors (Lipinski definition) is 0. The Hall–Kier alpha value is -2.02. The molecule has 0 radical (unpaired) electrons. The van der Waals surface area contributed by atoms with Gasteiger partial charge < -0.3 is 4.98 Å². The summed E-state index contributed by atoms with van der Waals surface area (Å²) in [7, 11) is 0. The third-order valence-electron chi connectivity index (χ3n) is 2.96. The smallest absolute Gasteiger partial charge is 0.0460 e. The summed E-state index contributed by atoms with van der Waals surface area (Å²) < 4.78 is 0. The molecule has 2 aromatic carbocycles. The predicted octanol–water partition coefficient (Wildman–Crippen LogP) is 4.14. The summed E-state index contributed by atoms with van der Waals surface area (Å²) in [5, 5.41) is 1.28. The number of benzene rings is 2. The second kappa shape index (κ2) is 3.53. The molecule has 0 bridgehead atoms. The van der Waals surface area contributed by atoms with Crippen LogP contribution in [0.2, 0.25) is 0 Å². The minimum Gasteiger partial charge on any atom is -0.361 e. The Labute approximate surface area is 94.7 Å². The van der Waals surface area contributed by atoms with Crippen molar-refractivity contribution in [1.29, 1.82) is 0 Å². The van der Waals surface area contributed by atoms with Crippen LogP contribution in [0, 0.1) is 6.92 Å². The Morgan fingerprint density at radius 1 is 0.875 bits per heavy atom. The standard InChI is InChI=1S/C15H13N/c1-11-5-7-12(8-6-11)13-3-2-4-15-14(13)9-10-16-15/h2-10,16H,1H3. The normalized spacial score (nSPS) is 10.8. The molecule has 3 rings (SSSR count). The topological polar surface area (TPSA) is 15.8 Å². The third kappa shape index (κ3) is 1.41. The van der Waals surface area contributed by atoms with Crippen LogP contribution in [-0.2, 0) is 0 Å². The second-order valence-corrected chi connectivity index (χ2v) is 4.11. The van der Waals surface area contributed by atoms with Crippen molar-refractivity contribution in [1.82, 2.24) is 4.98 Å². The summed E-state index contributed by atoms with van der Waals surface area (Å²) in [5.41, 5.74) is 5.05. The molecule has 0 aliphatic rings. The lowest BCUT2D eigenvalue weighted by molar-refractivity contribution is 1.47. The number of aromatic nitrogens is 1. The molecule has 1 heteroatoms. The van der Waals surface area contributed by atoms with Gasteiger partial charge in [-0.25, -0.2) is 0 Å². The maximum absolute atomic E-state index is 3.24. The monoisotopic (exact) mass is 207 g/mol. The van der Waals surface area contributed by atoms with Crippen LogP contribution < -0.4 is 0 Å². The summed E-state index contributed by atoms with van der Waals surface area (Å²) >= 11 is 0. The van der Waals surface area contributed by atoms with Gasteiger partial charge in [-0.2, -0.15) is 0 Å². The van der Waals surface area contributed by atoms with E-state index >= 15 is 0 Å². The molecule has 1 aromatic heterocycles. The van der Waals surface area contributed by atoms with E-state index in [1.54, 1.807) is 0 Å². The van der Waals surface area contributed by atoms with E-state index in [1.165, 1.54) is 27.6 Å². The van der Waals surface area contributed by atoms with Gasteiger partial charge >= 0.3 is 0 Å². The molecule has 1 heterocycles.